The maximum atomic E-state index is 10.4. The monoisotopic (exact) mass is 431 g/mol. The molecule has 0 amide bonds. The molecular weight excluding hydrogens is 398 g/mol. The number of benzene rings is 1. The molecule has 1 heterocycles. The molecule has 2 unspecified atom stereocenters. The average Bonchev–Trinajstić information content (AvgIpc) is 3.20. The molecule has 2 atom stereocenters. The van der Waals surface area contributed by atoms with Crippen LogP contribution in [0.15, 0.2) is 60.4 Å². The Bertz CT molecular complexity index is 1040. The van der Waals surface area contributed by atoms with Gasteiger partial charge in [0.15, 0.2) is 5.82 Å². The fraction of sp³-hybridized carbons (Fsp3) is 0.346. The van der Waals surface area contributed by atoms with E-state index in [1.54, 1.807) is 13.3 Å². The molecule has 1 saturated carbocycles. The van der Waals surface area contributed by atoms with Gasteiger partial charge in [-0.15, -0.1) is 0 Å². The number of hydrogen-bond acceptors (Lipinski definition) is 6. The van der Waals surface area contributed by atoms with Crippen molar-refractivity contribution in [2.45, 2.75) is 38.3 Å². The molecule has 1 fully saturated rings. The number of allylic oxidation sites excluding steroid dienone is 4. The smallest absolute Gasteiger partial charge is 0.161 e. The molecule has 2 aromatic rings. The second-order valence-electron chi connectivity index (χ2n) is 8.17. The van der Waals surface area contributed by atoms with E-state index in [2.05, 4.69) is 34.0 Å². The molecule has 1 aliphatic rings. The maximum absolute atomic E-state index is 10.4. The van der Waals surface area contributed by atoms with Crippen LogP contribution in [0.4, 0.5) is 5.82 Å². The molecule has 3 rings (SSSR count). The van der Waals surface area contributed by atoms with Crippen molar-refractivity contribution in [3.8, 4) is 11.4 Å². The van der Waals surface area contributed by atoms with E-state index in [9.17, 15) is 5.11 Å². The maximum Gasteiger partial charge on any atom is 0.161 e. The first-order chi connectivity index (χ1) is 15.5. The predicted molar refractivity (Wildman–Crippen MR) is 135 cm³/mol. The minimum atomic E-state index is -0.371. The van der Waals surface area contributed by atoms with Crippen molar-refractivity contribution in [2.75, 3.05) is 26.5 Å². The summed E-state index contributed by atoms with van der Waals surface area (Å²) in [6, 6.07) is 8.12. The van der Waals surface area contributed by atoms with Gasteiger partial charge in [0.05, 0.1) is 12.1 Å². The lowest BCUT2D eigenvalue weighted by Crippen LogP contribution is -2.29. The quantitative estimate of drug-likeness (QED) is 0.470. The molecule has 1 aromatic carbocycles. The van der Waals surface area contributed by atoms with Gasteiger partial charge in [-0.3, -0.25) is 4.99 Å². The van der Waals surface area contributed by atoms with E-state index in [1.807, 2.05) is 62.6 Å². The summed E-state index contributed by atoms with van der Waals surface area (Å²) in [6.07, 6.45) is 11.9. The van der Waals surface area contributed by atoms with Gasteiger partial charge in [0, 0.05) is 56.5 Å². The molecular formula is C26H33N5O. The number of aromatic nitrogens is 2. The molecule has 32 heavy (non-hydrogen) atoms. The number of nitrogens with one attached hydrogen (secondary N) is 1. The van der Waals surface area contributed by atoms with Crippen LogP contribution in [-0.4, -0.2) is 59.5 Å². The fourth-order valence-corrected chi connectivity index (χ4v) is 3.93. The lowest BCUT2D eigenvalue weighted by Gasteiger charge is -2.20. The van der Waals surface area contributed by atoms with E-state index >= 15 is 0 Å². The van der Waals surface area contributed by atoms with Crippen LogP contribution in [-0.2, 0) is 0 Å². The highest BCUT2D eigenvalue weighted by molar-refractivity contribution is 6.11. The summed E-state index contributed by atoms with van der Waals surface area (Å²) in [5.41, 5.74) is 4.80. The minimum absolute atomic E-state index is 0.0186. The molecule has 0 saturated heterocycles. The van der Waals surface area contributed by atoms with Crippen molar-refractivity contribution in [1.29, 1.82) is 0 Å². The lowest BCUT2D eigenvalue weighted by atomic mass is 10.0. The Hall–Kier alpha value is -3.25. The van der Waals surface area contributed by atoms with Crippen molar-refractivity contribution in [2.24, 2.45) is 4.99 Å². The molecule has 1 aromatic heterocycles. The third-order valence-corrected chi connectivity index (χ3v) is 5.55. The Kier molecular flexibility index (Phi) is 7.95. The van der Waals surface area contributed by atoms with E-state index < -0.39 is 0 Å². The van der Waals surface area contributed by atoms with Crippen LogP contribution in [0, 0.1) is 0 Å². The number of aliphatic imine (C=N–C) groups is 1. The second-order valence-corrected chi connectivity index (χ2v) is 8.17. The van der Waals surface area contributed by atoms with Crippen LogP contribution in [0.2, 0.25) is 0 Å². The molecule has 6 nitrogen and oxygen atoms in total. The van der Waals surface area contributed by atoms with Gasteiger partial charge in [0.25, 0.3) is 0 Å². The zero-order valence-electron chi connectivity index (χ0n) is 19.4. The van der Waals surface area contributed by atoms with Gasteiger partial charge >= 0.3 is 0 Å². The molecule has 168 valence electrons. The van der Waals surface area contributed by atoms with Crippen LogP contribution in [0.25, 0.3) is 22.5 Å². The second kappa shape index (κ2) is 10.9. The summed E-state index contributed by atoms with van der Waals surface area (Å²) in [5.74, 6) is 1.34. The summed E-state index contributed by atoms with van der Waals surface area (Å²) in [6.45, 7) is 5.92. The highest BCUT2D eigenvalue weighted by Gasteiger charge is 2.26. The molecule has 0 radical (unpaired) electrons. The van der Waals surface area contributed by atoms with E-state index in [1.165, 1.54) is 0 Å². The minimum Gasteiger partial charge on any atom is -0.391 e. The van der Waals surface area contributed by atoms with Crippen LogP contribution in [0.1, 0.15) is 37.3 Å². The normalized spacial score (nSPS) is 19.4. The zero-order valence-corrected chi connectivity index (χ0v) is 19.4. The van der Waals surface area contributed by atoms with Crippen molar-refractivity contribution in [3.63, 3.8) is 0 Å². The molecule has 2 N–H and O–H groups in total. The van der Waals surface area contributed by atoms with Gasteiger partial charge in [-0.05, 0) is 43.4 Å². The summed E-state index contributed by atoms with van der Waals surface area (Å²) >= 11 is 0. The molecule has 0 aliphatic heterocycles. The van der Waals surface area contributed by atoms with E-state index in [0.29, 0.717) is 11.6 Å². The van der Waals surface area contributed by atoms with Crippen LogP contribution >= 0.6 is 0 Å². The van der Waals surface area contributed by atoms with Crippen molar-refractivity contribution >= 4 is 23.2 Å². The first kappa shape index (κ1) is 23.4. The van der Waals surface area contributed by atoms with E-state index in [4.69, 9.17) is 4.98 Å². The van der Waals surface area contributed by atoms with Crippen molar-refractivity contribution < 1.29 is 5.11 Å². The number of anilines is 1. The molecule has 0 bridgehead atoms. The molecule has 1 aliphatic carbocycles. The first-order valence-corrected chi connectivity index (χ1v) is 11.0. The Morgan fingerprint density at radius 2 is 2.09 bits per heavy atom. The van der Waals surface area contributed by atoms with Crippen molar-refractivity contribution in [1.82, 2.24) is 14.9 Å². The van der Waals surface area contributed by atoms with Gasteiger partial charge < -0.3 is 15.3 Å². The zero-order chi connectivity index (χ0) is 23.1. The number of nitrogens with zero attached hydrogens (tertiary/aromatic N) is 4. The van der Waals surface area contributed by atoms with Gasteiger partial charge in [0.2, 0.25) is 0 Å². The largest absolute Gasteiger partial charge is 0.391 e. The average molecular weight is 432 g/mol. The predicted octanol–water partition coefficient (Wildman–Crippen LogP) is 4.66. The van der Waals surface area contributed by atoms with E-state index in [-0.39, 0.29) is 12.1 Å². The van der Waals surface area contributed by atoms with Gasteiger partial charge in [-0.25, -0.2) is 9.97 Å². The standard InChI is InChI=1S/C26H33N5O/c1-6-18(15-27-3)22-16-28-25(30-26(22)29-23-12-9-13-24(23)32)21-11-8-10-20(14-21)19(7-2)17-31(4)5/h6-8,10-11,14-17,23-24,32H,2,9,12-13H2,1,3-5H3,(H,28,29,30)/b18-6+,19-17+,27-15-. The van der Waals surface area contributed by atoms with Gasteiger partial charge in [0.1, 0.15) is 5.82 Å². The van der Waals surface area contributed by atoms with Crippen LogP contribution in [0.5, 0.6) is 0 Å². The van der Waals surface area contributed by atoms with Gasteiger partial charge in [-0.1, -0.05) is 36.9 Å². The fourth-order valence-electron chi connectivity index (χ4n) is 3.93. The molecule has 6 heteroatoms. The third kappa shape index (κ3) is 5.51. The number of rotatable bonds is 8. The topological polar surface area (TPSA) is 73.6 Å². The van der Waals surface area contributed by atoms with Crippen LogP contribution < -0.4 is 5.32 Å². The Morgan fingerprint density at radius 3 is 2.72 bits per heavy atom. The Labute approximate surface area is 191 Å². The lowest BCUT2D eigenvalue weighted by molar-refractivity contribution is 0.171. The summed E-state index contributed by atoms with van der Waals surface area (Å²) in [7, 11) is 5.72. The highest BCUT2D eigenvalue weighted by Crippen LogP contribution is 2.29. The summed E-state index contributed by atoms with van der Waals surface area (Å²) in [5, 5.41) is 13.8. The summed E-state index contributed by atoms with van der Waals surface area (Å²) < 4.78 is 0. The number of aliphatic hydroxyl groups excluding tert-OH is 1. The summed E-state index contributed by atoms with van der Waals surface area (Å²) in [4.78, 5) is 15.7. The third-order valence-electron chi connectivity index (χ3n) is 5.55. The first-order valence-electron chi connectivity index (χ1n) is 11.0. The molecule has 0 spiro atoms. The number of aliphatic hydroxyl groups is 1. The van der Waals surface area contributed by atoms with Gasteiger partial charge in [-0.2, -0.15) is 0 Å². The Morgan fingerprint density at radius 1 is 1.28 bits per heavy atom. The SMILES string of the molecule is C=C/C(=C\N(C)C)c1cccc(-c2ncc(C(/C=N\C)=C/C)c(NC3CCCC3O)n2)c1. The highest BCUT2D eigenvalue weighted by atomic mass is 16.3. The van der Waals surface area contributed by atoms with Crippen molar-refractivity contribution in [3.05, 3.63) is 66.5 Å². The van der Waals surface area contributed by atoms with Crippen LogP contribution in [0.3, 0.4) is 0 Å². The van der Waals surface area contributed by atoms with E-state index in [0.717, 1.165) is 47.1 Å². The number of hydrogen-bond donors (Lipinski definition) is 2. The Balaban J connectivity index is 2.05.